The standard InChI is InChI=1S/C19H35N3O3/c1-3-5-6-7-8-9-10-16(4-2)19(18(20)25,22-14-23)13-15-11-12-21-17(15)24/h14-16H,3-13H2,1-2H3,(H2,20,25)(H,21,24)(H,22,23)/t15-,16?,19?/m0/s1. The van der Waals surface area contributed by atoms with Crippen molar-refractivity contribution >= 4 is 18.2 Å². The zero-order valence-corrected chi connectivity index (χ0v) is 15.8. The molecule has 1 saturated heterocycles. The molecule has 1 rings (SSSR count). The Kier molecular flexibility index (Phi) is 9.53. The average Bonchev–Trinajstić information content (AvgIpc) is 2.98. The maximum Gasteiger partial charge on any atom is 0.243 e. The molecule has 0 bridgehead atoms. The van der Waals surface area contributed by atoms with Gasteiger partial charge >= 0.3 is 0 Å². The van der Waals surface area contributed by atoms with Gasteiger partial charge < -0.3 is 16.4 Å². The summed E-state index contributed by atoms with van der Waals surface area (Å²) in [4.78, 5) is 35.5. The van der Waals surface area contributed by atoms with Gasteiger partial charge in [-0.1, -0.05) is 58.8 Å². The molecule has 4 N–H and O–H groups in total. The van der Waals surface area contributed by atoms with Gasteiger partial charge in [0.2, 0.25) is 18.2 Å². The van der Waals surface area contributed by atoms with Crippen LogP contribution < -0.4 is 16.4 Å². The molecule has 2 unspecified atom stereocenters. The first-order valence-corrected chi connectivity index (χ1v) is 9.80. The number of primary amides is 1. The van der Waals surface area contributed by atoms with Crippen molar-refractivity contribution < 1.29 is 14.4 Å². The lowest BCUT2D eigenvalue weighted by molar-refractivity contribution is -0.133. The van der Waals surface area contributed by atoms with Gasteiger partial charge in [0.05, 0.1) is 0 Å². The van der Waals surface area contributed by atoms with Gasteiger partial charge in [0.15, 0.2) is 0 Å². The van der Waals surface area contributed by atoms with E-state index in [0.717, 1.165) is 25.7 Å². The van der Waals surface area contributed by atoms with Crippen LogP contribution >= 0.6 is 0 Å². The van der Waals surface area contributed by atoms with E-state index in [9.17, 15) is 14.4 Å². The Balaban J connectivity index is 2.77. The Morgan fingerprint density at radius 3 is 2.52 bits per heavy atom. The Bertz CT molecular complexity index is 442. The molecule has 0 saturated carbocycles. The van der Waals surface area contributed by atoms with Gasteiger partial charge in [0, 0.05) is 12.5 Å². The number of nitrogens with two attached hydrogens (primary N) is 1. The summed E-state index contributed by atoms with van der Waals surface area (Å²) in [5, 5.41) is 5.51. The van der Waals surface area contributed by atoms with Gasteiger partial charge in [-0.2, -0.15) is 0 Å². The average molecular weight is 354 g/mol. The molecule has 25 heavy (non-hydrogen) atoms. The molecule has 0 aromatic carbocycles. The van der Waals surface area contributed by atoms with E-state index in [0.29, 0.717) is 25.8 Å². The van der Waals surface area contributed by atoms with E-state index >= 15 is 0 Å². The van der Waals surface area contributed by atoms with Gasteiger partial charge in [0.1, 0.15) is 5.54 Å². The number of carbonyl (C=O) groups excluding carboxylic acids is 3. The number of hydrogen-bond donors (Lipinski definition) is 3. The van der Waals surface area contributed by atoms with E-state index in [1.165, 1.54) is 25.7 Å². The predicted molar refractivity (Wildman–Crippen MR) is 98.6 cm³/mol. The highest BCUT2D eigenvalue weighted by molar-refractivity contribution is 5.89. The highest BCUT2D eigenvalue weighted by Gasteiger charge is 2.46. The van der Waals surface area contributed by atoms with E-state index in [4.69, 9.17) is 5.73 Å². The maximum atomic E-state index is 12.3. The predicted octanol–water partition coefficient (Wildman–Crippen LogP) is 2.26. The van der Waals surface area contributed by atoms with Crippen molar-refractivity contribution in [1.82, 2.24) is 10.6 Å². The second kappa shape index (κ2) is 11.1. The SMILES string of the molecule is CCCCCCCCC(CC)C(C[C@@H]1CCNC1=O)(NC=O)C(N)=O. The van der Waals surface area contributed by atoms with Gasteiger partial charge in [-0.05, 0) is 25.2 Å². The molecule has 0 radical (unpaired) electrons. The molecule has 1 heterocycles. The van der Waals surface area contributed by atoms with Gasteiger partial charge in [0.25, 0.3) is 0 Å². The topological polar surface area (TPSA) is 101 Å². The molecular formula is C19H35N3O3. The zero-order chi connectivity index (χ0) is 18.7. The summed E-state index contributed by atoms with van der Waals surface area (Å²) in [6.45, 7) is 4.83. The number of carbonyl (C=O) groups is 3. The van der Waals surface area contributed by atoms with Crippen LogP contribution in [0.25, 0.3) is 0 Å². The maximum absolute atomic E-state index is 12.3. The summed E-state index contributed by atoms with van der Waals surface area (Å²) in [6, 6.07) is 0. The van der Waals surface area contributed by atoms with Crippen LogP contribution in [0.5, 0.6) is 0 Å². The minimum atomic E-state index is -1.13. The summed E-state index contributed by atoms with van der Waals surface area (Å²) in [7, 11) is 0. The molecule has 3 amide bonds. The van der Waals surface area contributed by atoms with E-state index in [1.54, 1.807) is 0 Å². The minimum absolute atomic E-state index is 0.0465. The largest absolute Gasteiger partial charge is 0.368 e. The number of nitrogens with one attached hydrogen (secondary N) is 2. The lowest BCUT2D eigenvalue weighted by atomic mass is 9.72. The van der Waals surface area contributed by atoms with Crippen LogP contribution in [0.2, 0.25) is 0 Å². The third-order valence-electron chi connectivity index (χ3n) is 5.58. The Labute approximate surface area is 151 Å². The van der Waals surface area contributed by atoms with Crippen molar-refractivity contribution in [1.29, 1.82) is 0 Å². The summed E-state index contributed by atoms with van der Waals surface area (Å²) in [5.74, 6) is -0.891. The van der Waals surface area contributed by atoms with Crippen LogP contribution in [-0.2, 0) is 14.4 Å². The number of amides is 3. The molecule has 144 valence electrons. The Hall–Kier alpha value is -1.59. The fourth-order valence-electron chi connectivity index (χ4n) is 4.02. The van der Waals surface area contributed by atoms with Crippen LogP contribution in [0.4, 0.5) is 0 Å². The second-order valence-electron chi connectivity index (χ2n) is 7.24. The first-order chi connectivity index (χ1) is 12.0. The Morgan fingerprint density at radius 2 is 2.00 bits per heavy atom. The summed E-state index contributed by atoms with van der Waals surface area (Å²) < 4.78 is 0. The summed E-state index contributed by atoms with van der Waals surface area (Å²) >= 11 is 0. The van der Waals surface area contributed by atoms with Crippen LogP contribution in [0.15, 0.2) is 0 Å². The molecule has 6 heteroatoms. The number of hydrogen-bond acceptors (Lipinski definition) is 3. The molecule has 3 atom stereocenters. The van der Waals surface area contributed by atoms with Crippen molar-refractivity contribution in [3.05, 3.63) is 0 Å². The van der Waals surface area contributed by atoms with E-state index < -0.39 is 11.4 Å². The molecule has 6 nitrogen and oxygen atoms in total. The third kappa shape index (κ3) is 6.01. The lowest BCUT2D eigenvalue weighted by Gasteiger charge is -2.39. The normalized spacial score (nSPS) is 20.6. The van der Waals surface area contributed by atoms with Crippen LogP contribution in [0.1, 0.15) is 78.1 Å². The van der Waals surface area contributed by atoms with E-state index in [1.807, 2.05) is 6.92 Å². The molecule has 0 aliphatic carbocycles. The van der Waals surface area contributed by atoms with Crippen LogP contribution in [0, 0.1) is 11.8 Å². The Morgan fingerprint density at radius 1 is 1.32 bits per heavy atom. The fourth-order valence-corrected chi connectivity index (χ4v) is 4.02. The number of rotatable bonds is 14. The highest BCUT2D eigenvalue weighted by Crippen LogP contribution is 2.34. The molecular weight excluding hydrogens is 318 g/mol. The van der Waals surface area contributed by atoms with Crippen molar-refractivity contribution in [2.45, 2.75) is 83.6 Å². The molecule has 1 aliphatic rings. The summed E-state index contributed by atoms with van der Waals surface area (Å²) in [5.41, 5.74) is 4.60. The van der Waals surface area contributed by atoms with E-state index in [2.05, 4.69) is 17.6 Å². The first-order valence-electron chi connectivity index (χ1n) is 9.80. The zero-order valence-electron chi connectivity index (χ0n) is 15.8. The minimum Gasteiger partial charge on any atom is -0.368 e. The number of unbranched alkanes of at least 4 members (excludes halogenated alkanes) is 5. The molecule has 0 aromatic rings. The van der Waals surface area contributed by atoms with Crippen molar-refractivity contribution in [2.75, 3.05) is 6.54 Å². The summed E-state index contributed by atoms with van der Waals surface area (Å²) in [6.07, 6.45) is 10.1. The molecule has 0 spiro atoms. The third-order valence-corrected chi connectivity index (χ3v) is 5.58. The van der Waals surface area contributed by atoms with Crippen molar-refractivity contribution in [2.24, 2.45) is 17.6 Å². The second-order valence-corrected chi connectivity index (χ2v) is 7.24. The molecule has 1 fully saturated rings. The van der Waals surface area contributed by atoms with E-state index in [-0.39, 0.29) is 17.7 Å². The lowest BCUT2D eigenvalue weighted by Crippen LogP contribution is -2.61. The molecule has 0 aromatic heterocycles. The highest BCUT2D eigenvalue weighted by atomic mass is 16.2. The fraction of sp³-hybridized carbons (Fsp3) is 0.842. The first kappa shape index (κ1) is 21.5. The molecule has 1 aliphatic heterocycles. The smallest absolute Gasteiger partial charge is 0.243 e. The van der Waals surface area contributed by atoms with Crippen LogP contribution in [-0.4, -0.2) is 30.3 Å². The van der Waals surface area contributed by atoms with Crippen LogP contribution in [0.3, 0.4) is 0 Å². The van der Waals surface area contributed by atoms with Gasteiger partial charge in [-0.3, -0.25) is 14.4 Å². The van der Waals surface area contributed by atoms with Gasteiger partial charge in [-0.25, -0.2) is 0 Å². The van der Waals surface area contributed by atoms with Crippen molar-refractivity contribution in [3.63, 3.8) is 0 Å². The van der Waals surface area contributed by atoms with Crippen molar-refractivity contribution in [3.8, 4) is 0 Å². The monoisotopic (exact) mass is 353 g/mol. The van der Waals surface area contributed by atoms with Gasteiger partial charge in [-0.15, -0.1) is 0 Å². The quantitative estimate of drug-likeness (QED) is 0.330.